The molecule has 1 atom stereocenters. The van der Waals surface area contributed by atoms with Crippen LogP contribution in [0.2, 0.25) is 0 Å². The SMILES string of the molecule is CCCN(C(=O)[C@H]1CCCN(Cc2nc3ccccc3n2C(C)C)C1)C(C)C. The summed E-state index contributed by atoms with van der Waals surface area (Å²) >= 11 is 0. The highest BCUT2D eigenvalue weighted by Gasteiger charge is 2.30. The van der Waals surface area contributed by atoms with E-state index in [-0.39, 0.29) is 12.0 Å². The summed E-state index contributed by atoms with van der Waals surface area (Å²) in [5, 5.41) is 0. The molecule has 0 N–H and O–H groups in total. The van der Waals surface area contributed by atoms with Gasteiger partial charge in [0.1, 0.15) is 5.82 Å². The number of para-hydroxylation sites is 2. The van der Waals surface area contributed by atoms with Crippen LogP contribution in [0.15, 0.2) is 24.3 Å². The first-order valence-electron chi connectivity index (χ1n) is 10.9. The molecule has 3 rings (SSSR count). The van der Waals surface area contributed by atoms with Crippen LogP contribution in [0.1, 0.15) is 65.7 Å². The van der Waals surface area contributed by atoms with Crippen LogP contribution < -0.4 is 0 Å². The van der Waals surface area contributed by atoms with E-state index in [0.29, 0.717) is 11.9 Å². The molecule has 1 saturated heterocycles. The molecule has 0 unspecified atom stereocenters. The lowest BCUT2D eigenvalue weighted by Gasteiger charge is -2.36. The molecule has 0 aliphatic carbocycles. The first-order chi connectivity index (χ1) is 13.4. The van der Waals surface area contributed by atoms with Crippen molar-refractivity contribution in [3.05, 3.63) is 30.1 Å². The zero-order chi connectivity index (χ0) is 20.3. The Morgan fingerprint density at radius 2 is 2.00 bits per heavy atom. The van der Waals surface area contributed by atoms with Crippen LogP contribution in [0.4, 0.5) is 0 Å². The lowest BCUT2D eigenvalue weighted by Crippen LogP contribution is -2.47. The second kappa shape index (κ2) is 9.08. The number of carbonyl (C=O) groups excluding carboxylic acids is 1. The van der Waals surface area contributed by atoms with E-state index in [0.717, 1.165) is 56.8 Å². The molecule has 1 fully saturated rings. The number of likely N-dealkylation sites (tertiary alicyclic amines) is 1. The van der Waals surface area contributed by atoms with E-state index in [4.69, 9.17) is 4.98 Å². The molecule has 1 aliphatic heterocycles. The summed E-state index contributed by atoms with van der Waals surface area (Å²) < 4.78 is 2.35. The molecule has 0 bridgehead atoms. The minimum atomic E-state index is 0.111. The fourth-order valence-electron chi connectivity index (χ4n) is 4.48. The van der Waals surface area contributed by atoms with E-state index < -0.39 is 0 Å². The minimum Gasteiger partial charge on any atom is -0.340 e. The van der Waals surface area contributed by atoms with Gasteiger partial charge in [0.15, 0.2) is 0 Å². The van der Waals surface area contributed by atoms with Gasteiger partial charge >= 0.3 is 0 Å². The molecule has 0 radical (unpaired) electrons. The van der Waals surface area contributed by atoms with Crippen LogP contribution in [-0.2, 0) is 11.3 Å². The van der Waals surface area contributed by atoms with Crippen molar-refractivity contribution >= 4 is 16.9 Å². The summed E-state index contributed by atoms with van der Waals surface area (Å²) in [7, 11) is 0. The molecule has 28 heavy (non-hydrogen) atoms. The van der Waals surface area contributed by atoms with Crippen molar-refractivity contribution in [2.24, 2.45) is 5.92 Å². The van der Waals surface area contributed by atoms with Crippen molar-refractivity contribution in [2.75, 3.05) is 19.6 Å². The van der Waals surface area contributed by atoms with E-state index in [1.54, 1.807) is 0 Å². The van der Waals surface area contributed by atoms with E-state index in [1.807, 2.05) is 6.07 Å². The third kappa shape index (κ3) is 4.40. The number of carbonyl (C=O) groups is 1. The van der Waals surface area contributed by atoms with Crippen molar-refractivity contribution in [1.82, 2.24) is 19.4 Å². The predicted molar refractivity (Wildman–Crippen MR) is 115 cm³/mol. The number of nitrogens with zero attached hydrogens (tertiary/aromatic N) is 4. The van der Waals surface area contributed by atoms with Crippen LogP contribution in [-0.4, -0.2) is 50.9 Å². The number of imidazole rings is 1. The number of benzene rings is 1. The number of aromatic nitrogens is 2. The van der Waals surface area contributed by atoms with Crippen LogP contribution in [0.5, 0.6) is 0 Å². The molecule has 1 amide bonds. The third-order valence-electron chi connectivity index (χ3n) is 5.78. The van der Waals surface area contributed by atoms with Gasteiger partial charge in [-0.15, -0.1) is 0 Å². The highest BCUT2D eigenvalue weighted by molar-refractivity contribution is 5.79. The summed E-state index contributed by atoms with van der Waals surface area (Å²) in [5.41, 5.74) is 2.26. The molecule has 0 saturated carbocycles. The quantitative estimate of drug-likeness (QED) is 0.707. The number of amides is 1. The van der Waals surface area contributed by atoms with Gasteiger partial charge in [0.05, 0.1) is 23.5 Å². The number of hydrogen-bond acceptors (Lipinski definition) is 3. The van der Waals surface area contributed by atoms with Gasteiger partial charge < -0.3 is 9.47 Å². The third-order valence-corrected chi connectivity index (χ3v) is 5.78. The Hall–Kier alpha value is -1.88. The summed E-state index contributed by atoms with van der Waals surface area (Å²) in [6.07, 6.45) is 3.10. The summed E-state index contributed by atoms with van der Waals surface area (Å²) in [6, 6.07) is 9.01. The predicted octanol–water partition coefficient (Wildman–Crippen LogP) is 4.48. The second-order valence-corrected chi connectivity index (χ2v) is 8.68. The van der Waals surface area contributed by atoms with Gasteiger partial charge in [-0.05, 0) is 65.6 Å². The van der Waals surface area contributed by atoms with E-state index in [1.165, 1.54) is 5.52 Å². The molecule has 0 spiro atoms. The monoisotopic (exact) mass is 384 g/mol. The van der Waals surface area contributed by atoms with Gasteiger partial charge in [0, 0.05) is 25.2 Å². The van der Waals surface area contributed by atoms with Crippen LogP contribution >= 0.6 is 0 Å². The highest BCUT2D eigenvalue weighted by Crippen LogP contribution is 2.25. The highest BCUT2D eigenvalue weighted by atomic mass is 16.2. The maximum atomic E-state index is 13.1. The Bertz CT molecular complexity index is 795. The maximum absolute atomic E-state index is 13.1. The largest absolute Gasteiger partial charge is 0.340 e. The number of piperidine rings is 1. The van der Waals surface area contributed by atoms with E-state index in [2.05, 4.69) is 67.2 Å². The molecule has 2 heterocycles. The fourth-order valence-corrected chi connectivity index (χ4v) is 4.48. The van der Waals surface area contributed by atoms with Crippen LogP contribution in [0.25, 0.3) is 11.0 Å². The minimum absolute atomic E-state index is 0.111. The van der Waals surface area contributed by atoms with Crippen molar-refractivity contribution in [3.63, 3.8) is 0 Å². The lowest BCUT2D eigenvalue weighted by atomic mass is 9.95. The van der Waals surface area contributed by atoms with Crippen molar-refractivity contribution in [3.8, 4) is 0 Å². The van der Waals surface area contributed by atoms with Gasteiger partial charge in [0.25, 0.3) is 0 Å². The molecule has 1 aliphatic rings. The van der Waals surface area contributed by atoms with Crippen LogP contribution in [0.3, 0.4) is 0 Å². The summed E-state index contributed by atoms with van der Waals surface area (Å²) in [6.45, 7) is 14.4. The molecular weight excluding hydrogens is 348 g/mol. The molecule has 154 valence electrons. The van der Waals surface area contributed by atoms with E-state index in [9.17, 15) is 4.79 Å². The van der Waals surface area contributed by atoms with Gasteiger partial charge in [-0.1, -0.05) is 19.1 Å². The molecule has 2 aromatic rings. The van der Waals surface area contributed by atoms with E-state index >= 15 is 0 Å². The Balaban J connectivity index is 1.76. The van der Waals surface area contributed by atoms with Crippen molar-refractivity contribution in [1.29, 1.82) is 0 Å². The van der Waals surface area contributed by atoms with Gasteiger partial charge in [0.2, 0.25) is 5.91 Å². The first kappa shape index (κ1) is 20.8. The Labute approximate surface area is 169 Å². The summed E-state index contributed by atoms with van der Waals surface area (Å²) in [4.78, 5) is 22.5. The van der Waals surface area contributed by atoms with Gasteiger partial charge in [-0.25, -0.2) is 4.98 Å². The van der Waals surface area contributed by atoms with Crippen molar-refractivity contribution in [2.45, 2.75) is 72.5 Å². The number of rotatable bonds is 7. The molecule has 1 aromatic heterocycles. The lowest BCUT2D eigenvalue weighted by molar-refractivity contribution is -0.139. The second-order valence-electron chi connectivity index (χ2n) is 8.68. The molecular formula is C23H36N4O. The first-order valence-corrected chi connectivity index (χ1v) is 10.9. The van der Waals surface area contributed by atoms with Crippen LogP contribution in [0, 0.1) is 5.92 Å². The molecule has 5 heteroatoms. The average molecular weight is 385 g/mol. The smallest absolute Gasteiger partial charge is 0.227 e. The Kier molecular flexibility index (Phi) is 6.76. The molecule has 5 nitrogen and oxygen atoms in total. The average Bonchev–Trinajstić information content (AvgIpc) is 3.03. The standard InChI is InChI=1S/C23H36N4O/c1-6-13-26(17(2)3)23(28)19-10-9-14-25(15-19)16-22-24-20-11-7-8-12-21(20)27(22)18(4)5/h7-8,11-12,17-19H,6,9-10,13-16H2,1-5H3/t19-/m0/s1. The number of hydrogen-bond donors (Lipinski definition) is 0. The normalized spacial score (nSPS) is 18.3. The zero-order valence-corrected chi connectivity index (χ0v) is 18.2. The Morgan fingerprint density at radius 3 is 2.68 bits per heavy atom. The number of fused-ring (bicyclic) bond motifs is 1. The zero-order valence-electron chi connectivity index (χ0n) is 18.2. The van der Waals surface area contributed by atoms with Crippen molar-refractivity contribution < 1.29 is 4.79 Å². The Morgan fingerprint density at radius 1 is 1.25 bits per heavy atom. The fraction of sp³-hybridized carbons (Fsp3) is 0.652. The molecule has 1 aromatic carbocycles. The topological polar surface area (TPSA) is 41.4 Å². The maximum Gasteiger partial charge on any atom is 0.227 e. The van der Waals surface area contributed by atoms with Gasteiger partial charge in [-0.2, -0.15) is 0 Å². The van der Waals surface area contributed by atoms with Gasteiger partial charge in [-0.3, -0.25) is 9.69 Å². The summed E-state index contributed by atoms with van der Waals surface area (Å²) in [5.74, 6) is 1.55.